The normalized spacial score (nSPS) is 18.7. The first-order valence-electron chi connectivity index (χ1n) is 12.8. The number of aryl methyl sites for hydroxylation is 3. The lowest BCUT2D eigenvalue weighted by Gasteiger charge is -2.17. The van der Waals surface area contributed by atoms with Gasteiger partial charge in [0.25, 0.3) is 0 Å². The van der Waals surface area contributed by atoms with E-state index in [0.717, 1.165) is 66.6 Å². The van der Waals surface area contributed by atoms with Crippen molar-refractivity contribution in [3.8, 4) is 5.75 Å². The summed E-state index contributed by atoms with van der Waals surface area (Å²) in [6.45, 7) is 8.46. The molecule has 4 aromatic rings. The zero-order valence-corrected chi connectivity index (χ0v) is 21.6. The monoisotopic (exact) mass is 484 g/mol. The van der Waals surface area contributed by atoms with Gasteiger partial charge in [-0.2, -0.15) is 5.10 Å². The zero-order chi connectivity index (χ0) is 23.9. The third kappa shape index (κ3) is 4.36. The first-order chi connectivity index (χ1) is 17.1. The molecule has 0 N–H and O–H groups in total. The van der Waals surface area contributed by atoms with E-state index in [1.165, 1.54) is 33.5 Å². The number of rotatable bonds is 6. The zero-order valence-electron chi connectivity index (χ0n) is 20.8. The van der Waals surface area contributed by atoms with Gasteiger partial charge in [-0.25, -0.2) is 9.50 Å². The molecule has 6 heteroatoms. The Morgan fingerprint density at radius 3 is 2.74 bits per heavy atom. The number of hydrogen-bond acceptors (Lipinski definition) is 5. The quantitative estimate of drug-likeness (QED) is 0.302. The Hall–Kier alpha value is -3.12. The van der Waals surface area contributed by atoms with Gasteiger partial charge in [0.2, 0.25) is 4.96 Å². The molecule has 1 unspecified atom stereocenters. The maximum Gasteiger partial charge on any atom is 0.212 e. The molecule has 3 heterocycles. The molecule has 1 saturated heterocycles. The van der Waals surface area contributed by atoms with Crippen molar-refractivity contribution in [2.75, 3.05) is 18.0 Å². The Balaban J connectivity index is 1.20. The molecule has 0 amide bonds. The molecule has 2 aliphatic rings. The van der Waals surface area contributed by atoms with Crippen LogP contribution in [0, 0.1) is 6.92 Å². The molecule has 0 saturated carbocycles. The second-order valence-electron chi connectivity index (χ2n) is 9.83. The standard InChI is InChI=1S/C29H32N4OS/c1-4-20-12-22-14-23(26-17-33-29(30-26)35-28(5-2)31-33)15-25(22)27(13-20)34-18-21-10-11-32(16-21)24-8-6-19(3)7-9-24/h6-9,12-13,17-18,23H,4-5,10-11,14-16H2,1-3H3/b21-18+. The van der Waals surface area contributed by atoms with Crippen LogP contribution in [-0.2, 0) is 25.7 Å². The van der Waals surface area contributed by atoms with Crippen LogP contribution < -0.4 is 9.64 Å². The summed E-state index contributed by atoms with van der Waals surface area (Å²) >= 11 is 1.70. The molecule has 2 aromatic heterocycles. The summed E-state index contributed by atoms with van der Waals surface area (Å²) in [7, 11) is 0. The van der Waals surface area contributed by atoms with Crippen LogP contribution in [0.2, 0.25) is 0 Å². The molecular formula is C29H32N4OS. The van der Waals surface area contributed by atoms with Crippen LogP contribution >= 0.6 is 11.3 Å². The molecule has 2 aromatic carbocycles. The van der Waals surface area contributed by atoms with Crippen molar-refractivity contribution in [2.24, 2.45) is 0 Å². The third-order valence-corrected chi connectivity index (χ3v) is 8.43. The Kier molecular flexibility index (Phi) is 5.85. The number of imidazole rings is 1. The Morgan fingerprint density at radius 1 is 1.11 bits per heavy atom. The molecule has 5 nitrogen and oxygen atoms in total. The molecule has 0 bridgehead atoms. The molecular weight excluding hydrogens is 452 g/mol. The minimum absolute atomic E-state index is 0.384. The highest BCUT2D eigenvalue weighted by atomic mass is 32.1. The smallest absolute Gasteiger partial charge is 0.212 e. The highest BCUT2D eigenvalue weighted by molar-refractivity contribution is 7.16. The number of benzene rings is 2. The maximum absolute atomic E-state index is 6.41. The van der Waals surface area contributed by atoms with Gasteiger partial charge in [0.1, 0.15) is 10.8 Å². The number of anilines is 1. The van der Waals surface area contributed by atoms with E-state index in [-0.39, 0.29) is 0 Å². The number of nitrogens with zero attached hydrogens (tertiary/aromatic N) is 4. The number of ether oxygens (including phenoxy) is 1. The number of aromatic nitrogens is 3. The second kappa shape index (κ2) is 9.15. The van der Waals surface area contributed by atoms with E-state index in [1.807, 2.05) is 10.8 Å². The van der Waals surface area contributed by atoms with Gasteiger partial charge in [0.05, 0.1) is 18.2 Å². The summed E-state index contributed by atoms with van der Waals surface area (Å²) < 4.78 is 8.37. The van der Waals surface area contributed by atoms with Crippen LogP contribution in [0.15, 0.2) is 54.4 Å². The molecule has 1 atom stereocenters. The van der Waals surface area contributed by atoms with Crippen molar-refractivity contribution < 1.29 is 4.74 Å². The average molecular weight is 485 g/mol. The van der Waals surface area contributed by atoms with Gasteiger partial charge < -0.3 is 9.64 Å². The van der Waals surface area contributed by atoms with E-state index < -0.39 is 0 Å². The van der Waals surface area contributed by atoms with Crippen LogP contribution in [0.5, 0.6) is 5.75 Å². The van der Waals surface area contributed by atoms with Gasteiger partial charge in [-0.05, 0) is 79.5 Å². The van der Waals surface area contributed by atoms with Gasteiger partial charge in [-0.3, -0.25) is 0 Å². The Morgan fingerprint density at radius 2 is 1.97 bits per heavy atom. The lowest BCUT2D eigenvalue weighted by atomic mass is 10.0. The summed E-state index contributed by atoms with van der Waals surface area (Å²) in [5.41, 5.74) is 9.18. The van der Waals surface area contributed by atoms with E-state index in [0.29, 0.717) is 5.92 Å². The molecule has 1 aliphatic heterocycles. The van der Waals surface area contributed by atoms with Crippen molar-refractivity contribution in [3.63, 3.8) is 0 Å². The Labute approximate surface area is 211 Å². The molecule has 35 heavy (non-hydrogen) atoms. The first kappa shape index (κ1) is 22.4. The van der Waals surface area contributed by atoms with Crippen LogP contribution in [0.1, 0.15) is 59.1 Å². The molecule has 1 fully saturated rings. The highest BCUT2D eigenvalue weighted by Gasteiger charge is 2.29. The van der Waals surface area contributed by atoms with Gasteiger partial charge in [-0.15, -0.1) is 0 Å². The van der Waals surface area contributed by atoms with Gasteiger partial charge >= 0.3 is 0 Å². The fourth-order valence-electron chi connectivity index (χ4n) is 5.28. The molecule has 1 aliphatic carbocycles. The first-order valence-corrected chi connectivity index (χ1v) is 13.6. The lowest BCUT2D eigenvalue weighted by Crippen LogP contribution is -2.17. The van der Waals surface area contributed by atoms with Crippen molar-refractivity contribution in [1.82, 2.24) is 14.6 Å². The summed E-state index contributed by atoms with van der Waals surface area (Å²) in [6.07, 6.45) is 9.14. The average Bonchev–Trinajstić information content (AvgIpc) is 3.65. The second-order valence-corrected chi connectivity index (χ2v) is 10.9. The molecule has 0 spiro atoms. The van der Waals surface area contributed by atoms with Crippen LogP contribution in [-0.4, -0.2) is 27.7 Å². The van der Waals surface area contributed by atoms with E-state index in [9.17, 15) is 0 Å². The summed E-state index contributed by atoms with van der Waals surface area (Å²) in [5, 5.41) is 5.80. The summed E-state index contributed by atoms with van der Waals surface area (Å²) in [6, 6.07) is 13.4. The van der Waals surface area contributed by atoms with Gasteiger partial charge in [0.15, 0.2) is 0 Å². The van der Waals surface area contributed by atoms with E-state index in [4.69, 9.17) is 9.72 Å². The molecule has 0 radical (unpaired) electrons. The largest absolute Gasteiger partial charge is 0.465 e. The van der Waals surface area contributed by atoms with E-state index in [2.05, 4.69) is 73.4 Å². The van der Waals surface area contributed by atoms with Crippen LogP contribution in [0.3, 0.4) is 0 Å². The lowest BCUT2D eigenvalue weighted by molar-refractivity contribution is 0.467. The van der Waals surface area contributed by atoms with Crippen molar-refractivity contribution in [3.05, 3.63) is 87.4 Å². The van der Waals surface area contributed by atoms with Crippen LogP contribution in [0.4, 0.5) is 5.69 Å². The molecule has 6 rings (SSSR count). The topological polar surface area (TPSA) is 42.7 Å². The predicted octanol–water partition coefficient (Wildman–Crippen LogP) is 6.28. The maximum atomic E-state index is 6.41. The Bertz CT molecular complexity index is 1370. The minimum atomic E-state index is 0.384. The summed E-state index contributed by atoms with van der Waals surface area (Å²) in [4.78, 5) is 8.36. The minimum Gasteiger partial charge on any atom is -0.465 e. The van der Waals surface area contributed by atoms with Gasteiger partial charge in [0, 0.05) is 24.7 Å². The van der Waals surface area contributed by atoms with Crippen molar-refractivity contribution in [1.29, 1.82) is 0 Å². The third-order valence-electron chi connectivity index (χ3n) is 7.36. The number of hydrogen-bond donors (Lipinski definition) is 0. The SMILES string of the molecule is CCc1cc2c(c(O/C=C3\CCN(c4ccc(C)cc4)C3)c1)CC(c1cn3nc(CC)sc3n1)C2. The van der Waals surface area contributed by atoms with E-state index >= 15 is 0 Å². The van der Waals surface area contributed by atoms with Crippen LogP contribution in [0.25, 0.3) is 4.96 Å². The summed E-state index contributed by atoms with van der Waals surface area (Å²) in [5.74, 6) is 1.41. The number of fused-ring (bicyclic) bond motifs is 2. The van der Waals surface area contributed by atoms with Crippen molar-refractivity contribution in [2.45, 2.75) is 58.8 Å². The highest BCUT2D eigenvalue weighted by Crippen LogP contribution is 2.40. The fraction of sp³-hybridized carbons (Fsp3) is 0.379. The molecule has 180 valence electrons. The fourth-order valence-corrected chi connectivity index (χ4v) is 6.10. The van der Waals surface area contributed by atoms with Gasteiger partial charge in [-0.1, -0.05) is 48.9 Å². The van der Waals surface area contributed by atoms with Crippen molar-refractivity contribution >= 4 is 22.0 Å². The predicted molar refractivity (Wildman–Crippen MR) is 143 cm³/mol. The van der Waals surface area contributed by atoms with E-state index in [1.54, 1.807) is 11.3 Å².